The zero-order valence-corrected chi connectivity index (χ0v) is 22.1. The first-order valence-corrected chi connectivity index (χ1v) is 13.5. The minimum Gasteiger partial charge on any atom is -0.465 e. The van der Waals surface area contributed by atoms with Crippen LogP contribution in [-0.2, 0) is 32.0 Å². The smallest absolute Gasteiger partial charge is 0.341 e. The van der Waals surface area contributed by atoms with Crippen LogP contribution in [0.2, 0.25) is 0 Å². The number of imide groups is 1. The van der Waals surface area contributed by atoms with Gasteiger partial charge in [0.2, 0.25) is 5.91 Å². The summed E-state index contributed by atoms with van der Waals surface area (Å²) in [5.74, 6) is -2.52. The number of hydroxylamine groups is 1. The molecule has 6 rings (SSSR count). The Morgan fingerprint density at radius 1 is 1.08 bits per heavy atom. The molecule has 200 valence electrons. The molecule has 2 fully saturated rings. The second kappa shape index (κ2) is 9.58. The number of carbonyl (C=O) groups is 3. The zero-order valence-electron chi connectivity index (χ0n) is 21.3. The van der Waals surface area contributed by atoms with E-state index in [0.29, 0.717) is 17.7 Å². The van der Waals surface area contributed by atoms with Crippen LogP contribution in [0.3, 0.4) is 0 Å². The van der Waals surface area contributed by atoms with E-state index in [9.17, 15) is 24.5 Å². The van der Waals surface area contributed by atoms with Crippen LogP contribution in [0.15, 0.2) is 48.5 Å². The van der Waals surface area contributed by atoms with Crippen LogP contribution in [0.25, 0.3) is 0 Å². The molecule has 3 aliphatic rings. The van der Waals surface area contributed by atoms with Crippen LogP contribution in [0.5, 0.6) is 0 Å². The fraction of sp³-hybridized carbons (Fsp3) is 0.321. The Kier molecular flexibility index (Phi) is 6.19. The zero-order chi connectivity index (χ0) is 27.4. The van der Waals surface area contributed by atoms with E-state index in [1.54, 1.807) is 17.2 Å². The maximum Gasteiger partial charge on any atom is 0.341 e. The van der Waals surface area contributed by atoms with Crippen LogP contribution < -0.4 is 9.96 Å². The number of benzene rings is 2. The van der Waals surface area contributed by atoms with Crippen molar-refractivity contribution < 1.29 is 28.9 Å². The summed E-state index contributed by atoms with van der Waals surface area (Å²) >= 11 is 1.29. The third-order valence-corrected chi connectivity index (χ3v) is 8.94. The van der Waals surface area contributed by atoms with E-state index in [4.69, 9.17) is 9.57 Å². The average Bonchev–Trinajstić information content (AvgIpc) is 3.58. The van der Waals surface area contributed by atoms with Gasteiger partial charge >= 0.3 is 5.97 Å². The van der Waals surface area contributed by atoms with Gasteiger partial charge in [-0.05, 0) is 55.4 Å². The van der Waals surface area contributed by atoms with E-state index < -0.39 is 40.8 Å². The van der Waals surface area contributed by atoms with Crippen LogP contribution in [-0.4, -0.2) is 35.9 Å². The summed E-state index contributed by atoms with van der Waals surface area (Å²) in [6, 6.07) is 12.6. The van der Waals surface area contributed by atoms with Crippen molar-refractivity contribution in [2.45, 2.75) is 44.8 Å². The van der Waals surface area contributed by atoms with Gasteiger partial charge in [-0.15, -0.1) is 11.3 Å². The first-order chi connectivity index (χ1) is 18.8. The molecule has 0 radical (unpaired) electrons. The quantitative estimate of drug-likeness (QED) is 0.195. The molecule has 11 heteroatoms. The number of nitro groups is 1. The summed E-state index contributed by atoms with van der Waals surface area (Å²) in [5.41, 5.74) is 3.20. The summed E-state index contributed by atoms with van der Waals surface area (Å²) in [6.07, 6.45) is 2.22. The van der Waals surface area contributed by atoms with Gasteiger partial charge in [-0.2, -0.15) is 0 Å². The summed E-state index contributed by atoms with van der Waals surface area (Å²) in [4.78, 5) is 60.0. The van der Waals surface area contributed by atoms with Crippen LogP contribution in [0, 0.1) is 23.0 Å². The maximum absolute atomic E-state index is 14.1. The van der Waals surface area contributed by atoms with Crippen LogP contribution in [0.1, 0.15) is 50.8 Å². The number of hydrogen-bond acceptors (Lipinski definition) is 9. The predicted molar refractivity (Wildman–Crippen MR) is 143 cm³/mol. The van der Waals surface area contributed by atoms with Crippen molar-refractivity contribution in [1.29, 1.82) is 0 Å². The molecule has 2 aliphatic heterocycles. The van der Waals surface area contributed by atoms with Gasteiger partial charge in [0.1, 0.15) is 10.9 Å². The Morgan fingerprint density at radius 2 is 1.79 bits per heavy atom. The number of para-hydroxylation sites is 1. The number of ether oxygens (including phenoxy) is 1. The van der Waals surface area contributed by atoms with E-state index >= 15 is 0 Å². The summed E-state index contributed by atoms with van der Waals surface area (Å²) in [7, 11) is 1.29. The van der Waals surface area contributed by atoms with Crippen molar-refractivity contribution in [1.82, 2.24) is 0 Å². The van der Waals surface area contributed by atoms with Gasteiger partial charge in [0.15, 0.2) is 6.10 Å². The number of aryl methyl sites for hydroxylation is 2. The molecule has 2 saturated heterocycles. The molecule has 3 heterocycles. The van der Waals surface area contributed by atoms with Gasteiger partial charge in [-0.1, -0.05) is 30.3 Å². The number of anilines is 2. The number of nitro benzene ring substituents is 1. The van der Waals surface area contributed by atoms with Crippen molar-refractivity contribution in [3.05, 3.63) is 85.8 Å². The molecule has 0 bridgehead atoms. The van der Waals surface area contributed by atoms with Gasteiger partial charge < -0.3 is 4.74 Å². The Balaban J connectivity index is 1.46. The highest BCUT2D eigenvalue weighted by molar-refractivity contribution is 7.17. The van der Waals surface area contributed by atoms with Crippen molar-refractivity contribution in [3.63, 3.8) is 0 Å². The van der Waals surface area contributed by atoms with Crippen LogP contribution >= 0.6 is 11.3 Å². The number of methoxy groups -OCH3 is 1. The number of rotatable bonds is 5. The number of esters is 1. The summed E-state index contributed by atoms with van der Waals surface area (Å²) in [6.45, 7) is 1.90. The molecule has 10 nitrogen and oxygen atoms in total. The highest BCUT2D eigenvalue weighted by Gasteiger charge is 2.61. The van der Waals surface area contributed by atoms with E-state index in [1.807, 2.05) is 31.2 Å². The molecule has 0 unspecified atom stereocenters. The van der Waals surface area contributed by atoms with Crippen molar-refractivity contribution >= 4 is 45.5 Å². The fourth-order valence-corrected chi connectivity index (χ4v) is 7.17. The van der Waals surface area contributed by atoms with E-state index in [-0.39, 0.29) is 16.3 Å². The van der Waals surface area contributed by atoms with Crippen molar-refractivity contribution in [2.75, 3.05) is 17.1 Å². The monoisotopic (exact) mass is 547 g/mol. The van der Waals surface area contributed by atoms with E-state index in [1.165, 1.54) is 30.6 Å². The van der Waals surface area contributed by atoms with Gasteiger partial charge in [0.05, 0.1) is 29.3 Å². The van der Waals surface area contributed by atoms with Crippen LogP contribution in [0.4, 0.5) is 16.4 Å². The molecule has 0 saturated carbocycles. The second-order valence-corrected chi connectivity index (χ2v) is 10.9. The van der Waals surface area contributed by atoms with E-state index in [0.717, 1.165) is 40.2 Å². The molecule has 2 amide bonds. The first kappa shape index (κ1) is 25.2. The second-order valence-electron chi connectivity index (χ2n) is 9.85. The molecular formula is C28H25N3O7S. The van der Waals surface area contributed by atoms with Crippen molar-refractivity contribution in [3.8, 4) is 0 Å². The van der Waals surface area contributed by atoms with Gasteiger partial charge in [0.25, 0.3) is 11.6 Å². The summed E-state index contributed by atoms with van der Waals surface area (Å²) < 4.78 is 5.06. The summed E-state index contributed by atoms with van der Waals surface area (Å²) in [5, 5.41) is 13.1. The Labute approximate surface area is 227 Å². The molecule has 2 aromatic carbocycles. The SMILES string of the molecule is COC(=O)c1c(N2C(=O)[C@@H]3[C@@H](ON(c4ccccc4C)[C@H]3c3ccc([N+](=O)[O-])cc3)C2=O)sc2c1CCCC2. The number of amides is 2. The maximum atomic E-state index is 14.1. The predicted octanol–water partition coefficient (Wildman–Crippen LogP) is 4.68. The highest BCUT2D eigenvalue weighted by atomic mass is 32.1. The Bertz CT molecular complexity index is 1520. The molecule has 1 aliphatic carbocycles. The lowest BCUT2D eigenvalue weighted by Gasteiger charge is -2.29. The number of carbonyl (C=O) groups excluding carboxylic acids is 3. The third-order valence-electron chi connectivity index (χ3n) is 7.66. The number of nitrogens with zero attached hydrogens (tertiary/aromatic N) is 3. The van der Waals surface area contributed by atoms with E-state index in [2.05, 4.69) is 0 Å². The standard InChI is InChI=1S/C28H25N3O7S/c1-15-7-3-5-9-19(15)30-23(16-11-13-17(14-12-16)31(35)36)22-24(38-30)26(33)29(25(22)32)27-21(28(34)37-2)18-8-4-6-10-20(18)39-27/h3,5,7,9,11-14,22-24H,4,6,8,10H2,1-2H3/t22-,23-,24+/m0/s1. The average molecular weight is 548 g/mol. The third kappa shape index (κ3) is 3.92. The number of non-ortho nitro benzene ring substituents is 1. The first-order valence-electron chi connectivity index (χ1n) is 12.7. The number of thiophene rings is 1. The fourth-order valence-electron chi connectivity index (χ4n) is 5.79. The largest absolute Gasteiger partial charge is 0.465 e. The van der Waals surface area contributed by atoms with Gasteiger partial charge in [0, 0.05) is 17.0 Å². The lowest BCUT2D eigenvalue weighted by molar-refractivity contribution is -0.384. The lowest BCUT2D eigenvalue weighted by atomic mass is 9.90. The highest BCUT2D eigenvalue weighted by Crippen LogP contribution is 2.51. The molecule has 39 heavy (non-hydrogen) atoms. The van der Waals surface area contributed by atoms with Gasteiger partial charge in [-0.3, -0.25) is 24.5 Å². The van der Waals surface area contributed by atoms with Crippen molar-refractivity contribution in [2.24, 2.45) is 5.92 Å². The normalized spacial score (nSPS) is 22.2. The molecular weight excluding hydrogens is 522 g/mol. The molecule has 3 aromatic rings. The lowest BCUT2D eigenvalue weighted by Crippen LogP contribution is -2.38. The molecule has 1 aromatic heterocycles. The Hall–Kier alpha value is -4.09. The number of hydrogen-bond donors (Lipinski definition) is 0. The number of fused-ring (bicyclic) bond motifs is 2. The molecule has 0 N–H and O–H groups in total. The Morgan fingerprint density at radius 3 is 2.49 bits per heavy atom. The van der Waals surface area contributed by atoms with Gasteiger partial charge in [-0.25, -0.2) is 14.8 Å². The molecule has 3 atom stereocenters. The minimum atomic E-state index is -1.12. The molecule has 0 spiro atoms. The topological polar surface area (TPSA) is 119 Å². The minimum absolute atomic E-state index is 0.0843.